The molecule has 0 bridgehead atoms. The molecular weight excluding hydrogens is 210 g/mol. The molecule has 3 heteroatoms. The Morgan fingerprint density at radius 2 is 2.06 bits per heavy atom. The smallest absolute Gasteiger partial charge is 0.0424 e. The Balaban J connectivity index is 2.01. The molecule has 2 aliphatic rings. The van der Waals surface area contributed by atoms with Crippen LogP contribution >= 0.6 is 0 Å². The molecule has 0 aromatic heterocycles. The number of rotatable bonds is 2. The first-order chi connectivity index (χ1) is 8.18. The predicted octanol–water partition coefficient (Wildman–Crippen LogP) is 1.45. The van der Waals surface area contributed by atoms with Gasteiger partial charge in [0.15, 0.2) is 0 Å². The number of piperazine rings is 1. The zero-order chi connectivity index (χ0) is 12.3. The molecule has 2 atom stereocenters. The lowest BCUT2D eigenvalue weighted by Gasteiger charge is -2.41. The standard InChI is InChI=1S/C14H27N3/c1-16-9-10-17(2)13(11-16)14(15)12-7-5-3-4-6-8-12/h7,13-14H,3-6,8-11,15H2,1-2H3. The van der Waals surface area contributed by atoms with Crippen LogP contribution in [0, 0.1) is 0 Å². The van der Waals surface area contributed by atoms with Gasteiger partial charge in [-0.25, -0.2) is 0 Å². The summed E-state index contributed by atoms with van der Waals surface area (Å²) in [5, 5.41) is 0. The predicted molar refractivity (Wildman–Crippen MR) is 73.1 cm³/mol. The number of likely N-dealkylation sites (N-methyl/N-ethyl adjacent to an activating group) is 2. The van der Waals surface area contributed by atoms with Crippen molar-refractivity contribution in [2.24, 2.45) is 5.73 Å². The summed E-state index contributed by atoms with van der Waals surface area (Å²) in [6.45, 7) is 3.41. The van der Waals surface area contributed by atoms with E-state index in [1.54, 1.807) is 0 Å². The fraction of sp³-hybridized carbons (Fsp3) is 0.857. The van der Waals surface area contributed by atoms with Crippen LogP contribution < -0.4 is 5.73 Å². The summed E-state index contributed by atoms with van der Waals surface area (Å²) in [7, 11) is 4.42. The van der Waals surface area contributed by atoms with E-state index in [-0.39, 0.29) is 6.04 Å². The van der Waals surface area contributed by atoms with E-state index in [1.165, 1.54) is 44.2 Å². The zero-order valence-corrected chi connectivity index (χ0v) is 11.4. The third-order valence-electron chi connectivity index (χ3n) is 4.32. The third kappa shape index (κ3) is 3.30. The molecule has 0 aromatic carbocycles. The van der Waals surface area contributed by atoms with Gasteiger partial charge in [-0.15, -0.1) is 0 Å². The fourth-order valence-electron chi connectivity index (χ4n) is 3.02. The highest BCUT2D eigenvalue weighted by atomic mass is 15.3. The van der Waals surface area contributed by atoms with Crippen LogP contribution in [0.5, 0.6) is 0 Å². The van der Waals surface area contributed by atoms with Crippen LogP contribution in [0.25, 0.3) is 0 Å². The lowest BCUT2D eigenvalue weighted by atomic mass is 9.94. The summed E-state index contributed by atoms with van der Waals surface area (Å²) < 4.78 is 0. The Morgan fingerprint density at radius 1 is 1.24 bits per heavy atom. The molecule has 0 aromatic rings. The summed E-state index contributed by atoms with van der Waals surface area (Å²) >= 11 is 0. The summed E-state index contributed by atoms with van der Waals surface area (Å²) in [5.74, 6) is 0. The molecule has 17 heavy (non-hydrogen) atoms. The van der Waals surface area contributed by atoms with E-state index in [0.29, 0.717) is 6.04 Å². The summed E-state index contributed by atoms with van der Waals surface area (Å²) in [6, 6.07) is 0.735. The minimum absolute atomic E-state index is 0.237. The monoisotopic (exact) mass is 237 g/mol. The largest absolute Gasteiger partial charge is 0.323 e. The molecule has 2 N–H and O–H groups in total. The van der Waals surface area contributed by atoms with Gasteiger partial charge >= 0.3 is 0 Å². The van der Waals surface area contributed by atoms with Crippen molar-refractivity contribution >= 4 is 0 Å². The SMILES string of the molecule is CN1CCN(C)C(C(N)C2=CCCCCC2)C1. The van der Waals surface area contributed by atoms with Crippen LogP contribution in [0.1, 0.15) is 32.1 Å². The molecule has 2 unspecified atom stereocenters. The van der Waals surface area contributed by atoms with Gasteiger partial charge < -0.3 is 10.6 Å². The quantitative estimate of drug-likeness (QED) is 0.738. The molecule has 0 radical (unpaired) electrons. The maximum absolute atomic E-state index is 6.51. The first-order valence-electron chi connectivity index (χ1n) is 7.02. The minimum atomic E-state index is 0.237. The van der Waals surface area contributed by atoms with Crippen molar-refractivity contribution in [2.45, 2.75) is 44.2 Å². The van der Waals surface area contributed by atoms with Gasteiger partial charge in [-0.1, -0.05) is 18.1 Å². The third-order valence-corrected chi connectivity index (χ3v) is 4.32. The van der Waals surface area contributed by atoms with Gasteiger partial charge in [-0.2, -0.15) is 0 Å². The first kappa shape index (κ1) is 13.1. The van der Waals surface area contributed by atoms with E-state index in [4.69, 9.17) is 5.73 Å². The van der Waals surface area contributed by atoms with Crippen LogP contribution in [0.3, 0.4) is 0 Å². The number of nitrogens with zero attached hydrogens (tertiary/aromatic N) is 2. The van der Waals surface area contributed by atoms with E-state index in [1.807, 2.05) is 0 Å². The van der Waals surface area contributed by atoms with Crippen molar-refractivity contribution in [2.75, 3.05) is 33.7 Å². The molecule has 1 aliphatic carbocycles. The van der Waals surface area contributed by atoms with Gasteiger partial charge in [-0.05, 0) is 39.8 Å². The van der Waals surface area contributed by atoms with Crippen molar-refractivity contribution in [3.63, 3.8) is 0 Å². The summed E-state index contributed by atoms with van der Waals surface area (Å²) in [5.41, 5.74) is 8.02. The molecule has 0 saturated carbocycles. The van der Waals surface area contributed by atoms with Gasteiger partial charge in [0.05, 0.1) is 0 Å². The van der Waals surface area contributed by atoms with Crippen molar-refractivity contribution in [1.29, 1.82) is 0 Å². The second-order valence-electron chi connectivity index (χ2n) is 5.71. The van der Waals surface area contributed by atoms with Crippen molar-refractivity contribution < 1.29 is 0 Å². The van der Waals surface area contributed by atoms with Gasteiger partial charge in [0, 0.05) is 31.7 Å². The average Bonchev–Trinajstić information content (AvgIpc) is 2.60. The number of allylic oxidation sites excluding steroid dienone is 1. The molecule has 98 valence electrons. The maximum Gasteiger partial charge on any atom is 0.0424 e. The lowest BCUT2D eigenvalue weighted by Crippen LogP contribution is -2.58. The van der Waals surface area contributed by atoms with Gasteiger partial charge in [0.2, 0.25) is 0 Å². The normalized spacial score (nSPS) is 30.8. The van der Waals surface area contributed by atoms with E-state index < -0.39 is 0 Å². The van der Waals surface area contributed by atoms with Crippen LogP contribution in [0.15, 0.2) is 11.6 Å². The summed E-state index contributed by atoms with van der Waals surface area (Å²) in [4.78, 5) is 4.85. The Kier molecular flexibility index (Phi) is 4.60. The van der Waals surface area contributed by atoms with Crippen molar-refractivity contribution in [1.82, 2.24) is 9.80 Å². The zero-order valence-electron chi connectivity index (χ0n) is 11.4. The molecule has 0 spiro atoms. The van der Waals surface area contributed by atoms with Crippen LogP contribution in [-0.2, 0) is 0 Å². The highest BCUT2D eigenvalue weighted by Gasteiger charge is 2.29. The van der Waals surface area contributed by atoms with Crippen molar-refractivity contribution in [3.05, 3.63) is 11.6 Å². The number of nitrogens with two attached hydrogens (primary N) is 1. The highest BCUT2D eigenvalue weighted by molar-refractivity contribution is 5.15. The first-order valence-corrected chi connectivity index (χ1v) is 7.02. The average molecular weight is 237 g/mol. The molecule has 1 fully saturated rings. The minimum Gasteiger partial charge on any atom is -0.323 e. The molecule has 1 heterocycles. The molecule has 0 amide bonds. The van der Waals surface area contributed by atoms with E-state index in [0.717, 1.165) is 13.1 Å². The Labute approximate surface area is 106 Å². The van der Waals surface area contributed by atoms with E-state index >= 15 is 0 Å². The maximum atomic E-state index is 6.51. The Morgan fingerprint density at radius 3 is 2.88 bits per heavy atom. The Hall–Kier alpha value is -0.380. The lowest BCUT2D eigenvalue weighted by molar-refractivity contribution is 0.104. The molecular formula is C14H27N3. The van der Waals surface area contributed by atoms with Crippen LogP contribution in [0.2, 0.25) is 0 Å². The van der Waals surface area contributed by atoms with Gasteiger partial charge in [-0.3, -0.25) is 4.90 Å². The van der Waals surface area contributed by atoms with Crippen molar-refractivity contribution in [3.8, 4) is 0 Å². The van der Waals surface area contributed by atoms with Crippen LogP contribution in [0.4, 0.5) is 0 Å². The topological polar surface area (TPSA) is 32.5 Å². The van der Waals surface area contributed by atoms with Gasteiger partial charge in [0.25, 0.3) is 0 Å². The second-order valence-corrected chi connectivity index (χ2v) is 5.71. The molecule has 1 aliphatic heterocycles. The number of hydrogen-bond acceptors (Lipinski definition) is 3. The highest BCUT2D eigenvalue weighted by Crippen LogP contribution is 2.23. The molecule has 3 nitrogen and oxygen atoms in total. The fourth-order valence-corrected chi connectivity index (χ4v) is 3.02. The molecule has 2 rings (SSSR count). The Bertz CT molecular complexity index is 275. The van der Waals surface area contributed by atoms with E-state index in [9.17, 15) is 0 Å². The number of hydrogen-bond donors (Lipinski definition) is 1. The van der Waals surface area contributed by atoms with Crippen LogP contribution in [-0.4, -0.2) is 55.6 Å². The van der Waals surface area contributed by atoms with Gasteiger partial charge in [0.1, 0.15) is 0 Å². The second kappa shape index (κ2) is 5.98. The van der Waals surface area contributed by atoms with E-state index in [2.05, 4.69) is 30.0 Å². The summed E-state index contributed by atoms with van der Waals surface area (Å²) in [6.07, 6.45) is 8.90. The molecule has 1 saturated heterocycles.